The summed E-state index contributed by atoms with van der Waals surface area (Å²) in [7, 11) is 0. The van der Waals surface area contributed by atoms with Gasteiger partial charge in [-0.05, 0) is 99.2 Å². The van der Waals surface area contributed by atoms with E-state index in [9.17, 15) is 13.2 Å². The number of alkyl halides is 1. The first-order valence-corrected chi connectivity index (χ1v) is 9.85. The molecule has 2 fully saturated rings. The molecule has 1 aromatic rings. The Labute approximate surface area is 149 Å². The third-order valence-electron chi connectivity index (χ3n) is 6.35. The van der Waals surface area contributed by atoms with E-state index in [2.05, 4.69) is 6.08 Å². The predicted octanol–water partition coefficient (Wildman–Crippen LogP) is 6.96. The molecule has 138 valence electrons. The third kappa shape index (κ3) is 4.89. The first-order valence-electron chi connectivity index (χ1n) is 9.85. The van der Waals surface area contributed by atoms with Gasteiger partial charge >= 0.3 is 0 Å². The van der Waals surface area contributed by atoms with E-state index in [1.807, 2.05) is 6.08 Å². The van der Waals surface area contributed by atoms with Crippen LogP contribution in [0.1, 0.15) is 69.3 Å². The summed E-state index contributed by atoms with van der Waals surface area (Å²) in [4.78, 5) is 0. The Morgan fingerprint density at radius 3 is 2.08 bits per heavy atom. The minimum absolute atomic E-state index is 0.257. The molecule has 0 unspecified atom stereocenters. The van der Waals surface area contributed by atoms with Crippen LogP contribution >= 0.6 is 0 Å². The number of halogens is 3. The Hall–Kier alpha value is -1.25. The second kappa shape index (κ2) is 8.91. The summed E-state index contributed by atoms with van der Waals surface area (Å²) >= 11 is 0. The van der Waals surface area contributed by atoms with E-state index in [4.69, 9.17) is 0 Å². The maximum atomic E-state index is 13.4. The van der Waals surface area contributed by atoms with Crippen molar-refractivity contribution in [2.45, 2.75) is 63.7 Å². The normalized spacial score (nSPS) is 30.7. The van der Waals surface area contributed by atoms with Crippen LogP contribution in [0.3, 0.4) is 0 Å². The highest BCUT2D eigenvalue weighted by Crippen LogP contribution is 2.44. The quantitative estimate of drug-likeness (QED) is 0.503. The van der Waals surface area contributed by atoms with E-state index >= 15 is 0 Å². The predicted molar refractivity (Wildman–Crippen MR) is 96.2 cm³/mol. The van der Waals surface area contributed by atoms with Gasteiger partial charge in [-0.2, -0.15) is 0 Å². The van der Waals surface area contributed by atoms with Crippen LogP contribution in [0.4, 0.5) is 13.2 Å². The van der Waals surface area contributed by atoms with Crippen LogP contribution in [0.15, 0.2) is 30.4 Å². The molecule has 0 atom stereocenters. The Morgan fingerprint density at radius 1 is 0.840 bits per heavy atom. The summed E-state index contributed by atoms with van der Waals surface area (Å²) in [6, 6.07) is 4.39. The highest BCUT2D eigenvalue weighted by Gasteiger charge is 2.30. The van der Waals surface area contributed by atoms with E-state index < -0.39 is 11.6 Å². The van der Waals surface area contributed by atoms with Crippen molar-refractivity contribution in [3.8, 4) is 0 Å². The first kappa shape index (κ1) is 18.5. The van der Waals surface area contributed by atoms with Gasteiger partial charge in [-0.25, -0.2) is 8.78 Å². The van der Waals surface area contributed by atoms with E-state index in [0.29, 0.717) is 18.3 Å². The van der Waals surface area contributed by atoms with Crippen molar-refractivity contribution >= 4 is 0 Å². The van der Waals surface area contributed by atoms with Crippen LogP contribution in [-0.2, 0) is 0 Å². The van der Waals surface area contributed by atoms with Gasteiger partial charge in [-0.1, -0.05) is 18.2 Å². The lowest BCUT2D eigenvalue weighted by molar-refractivity contribution is 0.171. The lowest BCUT2D eigenvalue weighted by Gasteiger charge is -2.37. The highest BCUT2D eigenvalue weighted by molar-refractivity contribution is 5.22. The van der Waals surface area contributed by atoms with Crippen molar-refractivity contribution in [2.75, 3.05) is 6.67 Å². The maximum absolute atomic E-state index is 13.4. The van der Waals surface area contributed by atoms with Gasteiger partial charge in [0.1, 0.15) is 0 Å². The van der Waals surface area contributed by atoms with Crippen molar-refractivity contribution in [3.05, 3.63) is 47.5 Å². The first-order chi connectivity index (χ1) is 12.2. The van der Waals surface area contributed by atoms with Gasteiger partial charge in [-0.15, -0.1) is 0 Å². The molecule has 0 spiro atoms. The van der Waals surface area contributed by atoms with Gasteiger partial charge in [-0.3, -0.25) is 4.39 Å². The number of allylic oxidation sites excluding steroid dienone is 2. The summed E-state index contributed by atoms with van der Waals surface area (Å²) in [5.74, 6) is 1.15. The van der Waals surface area contributed by atoms with E-state index in [1.54, 1.807) is 6.07 Å². The SMILES string of the molecule is FCCC=CC1CCC(C2CCC(c3ccc(F)c(F)c3)CC2)CC1. The van der Waals surface area contributed by atoms with Crippen molar-refractivity contribution in [1.82, 2.24) is 0 Å². The number of benzene rings is 1. The fraction of sp³-hybridized carbons (Fsp3) is 0.636. The van der Waals surface area contributed by atoms with Crippen molar-refractivity contribution < 1.29 is 13.2 Å². The molecule has 3 heteroatoms. The Bertz CT molecular complexity index is 565. The standard InChI is InChI=1S/C22H29F3/c23-14-2-1-3-16-4-6-17(7-5-16)18-8-10-19(11-9-18)20-12-13-21(24)22(25)15-20/h1,3,12-13,15-19H,2,4-11,14H2. The summed E-state index contributed by atoms with van der Waals surface area (Å²) < 4.78 is 38.7. The van der Waals surface area contributed by atoms with E-state index in [0.717, 1.165) is 30.2 Å². The monoisotopic (exact) mass is 350 g/mol. The van der Waals surface area contributed by atoms with Gasteiger partial charge in [0.2, 0.25) is 0 Å². The van der Waals surface area contributed by atoms with Crippen LogP contribution in [0.25, 0.3) is 0 Å². The van der Waals surface area contributed by atoms with Crippen LogP contribution < -0.4 is 0 Å². The van der Waals surface area contributed by atoms with Crippen molar-refractivity contribution in [1.29, 1.82) is 0 Å². The van der Waals surface area contributed by atoms with Gasteiger partial charge in [0, 0.05) is 0 Å². The molecule has 0 bridgehead atoms. The molecule has 25 heavy (non-hydrogen) atoms. The van der Waals surface area contributed by atoms with Crippen LogP contribution in [-0.4, -0.2) is 6.67 Å². The van der Waals surface area contributed by atoms with E-state index in [-0.39, 0.29) is 6.67 Å². The second-order valence-corrected chi connectivity index (χ2v) is 7.87. The third-order valence-corrected chi connectivity index (χ3v) is 6.35. The summed E-state index contributed by atoms with van der Waals surface area (Å²) in [6.07, 6.45) is 14.4. The van der Waals surface area contributed by atoms with Gasteiger partial charge in [0.15, 0.2) is 11.6 Å². The lowest BCUT2D eigenvalue weighted by Crippen LogP contribution is -2.25. The molecule has 0 radical (unpaired) electrons. The molecule has 0 amide bonds. The molecular formula is C22H29F3. The zero-order chi connectivity index (χ0) is 17.6. The zero-order valence-electron chi connectivity index (χ0n) is 14.9. The van der Waals surface area contributed by atoms with Crippen LogP contribution in [0, 0.1) is 29.4 Å². The molecule has 0 heterocycles. The number of rotatable bonds is 5. The minimum atomic E-state index is -0.755. The molecule has 1 aromatic carbocycles. The second-order valence-electron chi connectivity index (χ2n) is 7.87. The topological polar surface area (TPSA) is 0 Å². The summed E-state index contributed by atoms with van der Waals surface area (Å²) in [5, 5.41) is 0. The summed E-state index contributed by atoms with van der Waals surface area (Å²) in [5.41, 5.74) is 0.957. The summed E-state index contributed by atoms with van der Waals surface area (Å²) in [6.45, 7) is -0.257. The Kier molecular flexibility index (Phi) is 6.61. The maximum Gasteiger partial charge on any atom is 0.159 e. The fourth-order valence-electron chi connectivity index (χ4n) is 4.85. The smallest absolute Gasteiger partial charge is 0.159 e. The lowest BCUT2D eigenvalue weighted by atomic mass is 9.68. The molecule has 0 saturated heterocycles. The average molecular weight is 350 g/mol. The molecule has 2 aliphatic rings. The molecule has 0 aliphatic heterocycles. The fourth-order valence-corrected chi connectivity index (χ4v) is 4.85. The van der Waals surface area contributed by atoms with Crippen LogP contribution in [0.2, 0.25) is 0 Å². The average Bonchev–Trinajstić information content (AvgIpc) is 2.65. The van der Waals surface area contributed by atoms with Crippen molar-refractivity contribution in [2.24, 2.45) is 17.8 Å². The van der Waals surface area contributed by atoms with Crippen molar-refractivity contribution in [3.63, 3.8) is 0 Å². The number of hydrogen-bond acceptors (Lipinski definition) is 0. The molecule has 2 aliphatic carbocycles. The number of hydrogen-bond donors (Lipinski definition) is 0. The molecule has 0 aromatic heterocycles. The van der Waals surface area contributed by atoms with Gasteiger partial charge < -0.3 is 0 Å². The van der Waals surface area contributed by atoms with E-state index in [1.165, 1.54) is 50.7 Å². The minimum Gasteiger partial charge on any atom is -0.251 e. The largest absolute Gasteiger partial charge is 0.251 e. The van der Waals surface area contributed by atoms with Crippen LogP contribution in [0.5, 0.6) is 0 Å². The molecule has 3 rings (SSSR count). The van der Waals surface area contributed by atoms with Gasteiger partial charge in [0.25, 0.3) is 0 Å². The molecule has 0 nitrogen and oxygen atoms in total. The molecular weight excluding hydrogens is 321 g/mol. The Balaban J connectivity index is 1.46. The highest BCUT2D eigenvalue weighted by atomic mass is 19.2. The van der Waals surface area contributed by atoms with Gasteiger partial charge in [0.05, 0.1) is 6.67 Å². The molecule has 2 saturated carbocycles. The molecule has 0 N–H and O–H groups in total. The Morgan fingerprint density at radius 2 is 1.48 bits per heavy atom. The zero-order valence-corrected chi connectivity index (χ0v) is 14.9.